The molecular formula is C23H22ClNO6. The van der Waals surface area contributed by atoms with E-state index >= 15 is 0 Å². The van der Waals surface area contributed by atoms with Crippen molar-refractivity contribution in [1.82, 2.24) is 4.90 Å². The van der Waals surface area contributed by atoms with Crippen LogP contribution in [0.3, 0.4) is 0 Å². The van der Waals surface area contributed by atoms with Crippen molar-refractivity contribution < 1.29 is 23.8 Å². The largest absolute Gasteiger partial charge is 0.496 e. The van der Waals surface area contributed by atoms with Gasteiger partial charge in [0.25, 0.3) is 0 Å². The Kier molecular flexibility index (Phi) is 5.64. The first-order valence-corrected chi connectivity index (χ1v) is 10.2. The van der Waals surface area contributed by atoms with Crippen LogP contribution in [0.1, 0.15) is 17.9 Å². The van der Waals surface area contributed by atoms with Gasteiger partial charge in [-0.05, 0) is 32.1 Å². The number of benzene rings is 2. The van der Waals surface area contributed by atoms with Gasteiger partial charge in [0.15, 0.2) is 5.43 Å². The Bertz CT molecular complexity index is 1220. The van der Waals surface area contributed by atoms with Gasteiger partial charge in [0.2, 0.25) is 0 Å². The number of carboxylic acid groups (broad SMARTS) is 1. The molecule has 2 atom stereocenters. The molecule has 8 heteroatoms. The number of carbonyl (C=O) groups is 1. The molecule has 2 heterocycles. The molecule has 4 rings (SSSR count). The third-order valence-electron chi connectivity index (χ3n) is 5.82. The summed E-state index contributed by atoms with van der Waals surface area (Å²) in [5.41, 5.74) is 1.05. The third kappa shape index (κ3) is 3.54. The lowest BCUT2D eigenvalue weighted by atomic mass is 9.89. The predicted octanol–water partition coefficient (Wildman–Crippen LogP) is 4.00. The number of nitrogens with zero attached hydrogens (tertiary/aromatic N) is 1. The molecule has 2 aromatic carbocycles. The Morgan fingerprint density at radius 2 is 1.90 bits per heavy atom. The molecule has 1 aromatic heterocycles. The molecular weight excluding hydrogens is 422 g/mol. The van der Waals surface area contributed by atoms with Crippen molar-refractivity contribution in [3.8, 4) is 22.8 Å². The quantitative estimate of drug-likeness (QED) is 0.637. The lowest BCUT2D eigenvalue weighted by Gasteiger charge is -2.24. The van der Waals surface area contributed by atoms with Crippen molar-refractivity contribution in [2.75, 3.05) is 27.8 Å². The lowest BCUT2D eigenvalue weighted by Crippen LogP contribution is -2.36. The maximum absolute atomic E-state index is 13.2. The van der Waals surface area contributed by atoms with E-state index in [4.69, 9.17) is 25.5 Å². The Morgan fingerprint density at radius 3 is 2.55 bits per heavy atom. The highest BCUT2D eigenvalue weighted by atomic mass is 35.5. The Balaban J connectivity index is 2.08. The molecule has 1 N–H and O–H groups in total. The maximum atomic E-state index is 13.2. The second-order valence-electron chi connectivity index (χ2n) is 7.51. The molecule has 0 spiro atoms. The highest BCUT2D eigenvalue weighted by Gasteiger charge is 2.41. The molecule has 0 unspecified atom stereocenters. The number of likely N-dealkylation sites (N-methyl/N-ethyl adjacent to an activating group) is 1. The second-order valence-corrected chi connectivity index (χ2v) is 7.92. The number of rotatable bonds is 5. The van der Waals surface area contributed by atoms with Crippen LogP contribution in [0.2, 0.25) is 5.02 Å². The summed E-state index contributed by atoms with van der Waals surface area (Å²) < 4.78 is 17.3. The van der Waals surface area contributed by atoms with Gasteiger partial charge >= 0.3 is 5.97 Å². The van der Waals surface area contributed by atoms with Crippen LogP contribution in [0.5, 0.6) is 11.5 Å². The molecule has 1 aliphatic heterocycles. The number of fused-ring (bicyclic) bond motifs is 1. The molecule has 7 nitrogen and oxygen atoms in total. The average molecular weight is 444 g/mol. The smallest absolute Gasteiger partial charge is 0.321 e. The summed E-state index contributed by atoms with van der Waals surface area (Å²) in [7, 11) is 4.72. The molecule has 0 bridgehead atoms. The van der Waals surface area contributed by atoms with Crippen LogP contribution < -0.4 is 14.9 Å². The fourth-order valence-corrected chi connectivity index (χ4v) is 4.61. The molecule has 0 saturated carbocycles. The lowest BCUT2D eigenvalue weighted by molar-refractivity contribution is -0.142. The number of methoxy groups -OCH3 is 2. The monoisotopic (exact) mass is 443 g/mol. The van der Waals surface area contributed by atoms with Gasteiger partial charge in [-0.2, -0.15) is 0 Å². The molecule has 162 valence electrons. The van der Waals surface area contributed by atoms with E-state index in [-0.39, 0.29) is 22.2 Å². The number of likely N-dealkylation sites (tertiary alicyclic amines) is 1. The first-order chi connectivity index (χ1) is 14.9. The van der Waals surface area contributed by atoms with Gasteiger partial charge in [-0.25, -0.2) is 0 Å². The average Bonchev–Trinajstić information content (AvgIpc) is 3.13. The van der Waals surface area contributed by atoms with Crippen molar-refractivity contribution in [3.05, 3.63) is 57.2 Å². The Labute approximate surface area is 183 Å². The SMILES string of the molecule is COc1cc(OC)c2c(=O)cc(-c3ccccc3Cl)oc2c1[C@@H]1CCN(C)[C@H]1C(=O)O. The van der Waals surface area contributed by atoms with E-state index in [1.165, 1.54) is 20.3 Å². The van der Waals surface area contributed by atoms with Crippen LogP contribution in [0.4, 0.5) is 0 Å². The van der Waals surface area contributed by atoms with E-state index in [9.17, 15) is 14.7 Å². The van der Waals surface area contributed by atoms with Gasteiger partial charge in [-0.1, -0.05) is 23.7 Å². The van der Waals surface area contributed by atoms with Crippen molar-refractivity contribution in [3.63, 3.8) is 0 Å². The van der Waals surface area contributed by atoms with Crippen LogP contribution >= 0.6 is 11.6 Å². The van der Waals surface area contributed by atoms with E-state index in [1.54, 1.807) is 42.3 Å². The van der Waals surface area contributed by atoms with Gasteiger partial charge < -0.3 is 19.0 Å². The minimum atomic E-state index is -0.944. The molecule has 0 aliphatic carbocycles. The van der Waals surface area contributed by atoms with Gasteiger partial charge in [-0.3, -0.25) is 14.5 Å². The second kappa shape index (κ2) is 8.24. The minimum Gasteiger partial charge on any atom is -0.496 e. The number of aliphatic carboxylic acids is 1. The topological polar surface area (TPSA) is 89.2 Å². The molecule has 1 aliphatic rings. The summed E-state index contributed by atoms with van der Waals surface area (Å²) in [6, 6.07) is 9.26. The van der Waals surface area contributed by atoms with Crippen LogP contribution in [0.15, 0.2) is 45.6 Å². The van der Waals surface area contributed by atoms with Gasteiger partial charge in [0, 0.05) is 29.2 Å². The van der Waals surface area contributed by atoms with Gasteiger partial charge in [-0.15, -0.1) is 0 Å². The Morgan fingerprint density at radius 1 is 1.19 bits per heavy atom. The zero-order valence-electron chi connectivity index (χ0n) is 17.3. The van der Waals surface area contributed by atoms with E-state index < -0.39 is 17.9 Å². The van der Waals surface area contributed by atoms with Crippen LogP contribution in [0, 0.1) is 0 Å². The fraction of sp³-hybridized carbons (Fsp3) is 0.304. The summed E-state index contributed by atoms with van der Waals surface area (Å²) in [5.74, 6) is -0.377. The summed E-state index contributed by atoms with van der Waals surface area (Å²) in [6.45, 7) is 0.590. The summed E-state index contributed by atoms with van der Waals surface area (Å²) in [4.78, 5) is 27.0. The number of ether oxygens (including phenoxy) is 2. The molecule has 0 amide bonds. The van der Waals surface area contributed by atoms with E-state index in [2.05, 4.69) is 0 Å². The summed E-state index contributed by atoms with van der Waals surface area (Å²) in [6.07, 6.45) is 0.575. The molecule has 1 fully saturated rings. The Hall–Kier alpha value is -3.03. The van der Waals surface area contributed by atoms with Crippen LogP contribution in [0.25, 0.3) is 22.3 Å². The first kappa shape index (κ1) is 21.2. The van der Waals surface area contributed by atoms with Crippen LogP contribution in [-0.4, -0.2) is 49.8 Å². The minimum absolute atomic E-state index is 0.243. The van der Waals surface area contributed by atoms with Gasteiger partial charge in [0.1, 0.15) is 34.3 Å². The summed E-state index contributed by atoms with van der Waals surface area (Å²) in [5, 5.41) is 10.5. The van der Waals surface area contributed by atoms with E-state index in [1.807, 2.05) is 0 Å². The molecule has 0 radical (unpaired) electrons. The summed E-state index contributed by atoms with van der Waals surface area (Å²) >= 11 is 6.33. The molecule has 1 saturated heterocycles. The van der Waals surface area contributed by atoms with Crippen molar-refractivity contribution in [2.24, 2.45) is 0 Å². The van der Waals surface area contributed by atoms with Crippen molar-refractivity contribution >= 4 is 28.5 Å². The van der Waals surface area contributed by atoms with E-state index in [0.29, 0.717) is 40.6 Å². The number of hydrogen-bond acceptors (Lipinski definition) is 6. The standard InChI is InChI=1S/C23H22ClNO6/c1-25-9-8-13(21(25)23(27)28)19-17(29-2)11-18(30-3)20-15(26)10-16(31-22(19)20)12-6-4-5-7-14(12)24/h4-7,10-11,13,21H,8-9H2,1-3H3,(H,27,28)/t13-,21+/m0/s1. The number of carboxylic acids is 1. The molecule has 3 aromatic rings. The normalized spacial score (nSPS) is 19.0. The zero-order valence-corrected chi connectivity index (χ0v) is 18.1. The highest BCUT2D eigenvalue weighted by molar-refractivity contribution is 6.33. The van der Waals surface area contributed by atoms with Crippen molar-refractivity contribution in [2.45, 2.75) is 18.4 Å². The molecule has 31 heavy (non-hydrogen) atoms. The van der Waals surface area contributed by atoms with Crippen LogP contribution in [-0.2, 0) is 4.79 Å². The number of hydrogen-bond donors (Lipinski definition) is 1. The van der Waals surface area contributed by atoms with Crippen molar-refractivity contribution in [1.29, 1.82) is 0 Å². The maximum Gasteiger partial charge on any atom is 0.321 e. The fourth-order valence-electron chi connectivity index (χ4n) is 4.38. The van der Waals surface area contributed by atoms with Gasteiger partial charge in [0.05, 0.1) is 19.2 Å². The predicted molar refractivity (Wildman–Crippen MR) is 117 cm³/mol. The van der Waals surface area contributed by atoms with E-state index in [0.717, 1.165) is 0 Å². The number of halogens is 1. The highest BCUT2D eigenvalue weighted by Crippen LogP contribution is 2.45. The first-order valence-electron chi connectivity index (χ1n) is 9.78. The zero-order chi connectivity index (χ0) is 22.3. The third-order valence-corrected chi connectivity index (χ3v) is 6.15.